The second kappa shape index (κ2) is 5.16. The molecule has 1 N–H and O–H groups in total. The summed E-state index contributed by atoms with van der Waals surface area (Å²) in [4.78, 5) is 0. The Hall–Kier alpha value is -0.820. The Morgan fingerprint density at radius 2 is 1.93 bits per heavy atom. The van der Waals surface area contributed by atoms with E-state index >= 15 is 0 Å². The molecule has 1 aliphatic rings. The molecule has 2 rings (SSSR count). The smallest absolute Gasteiger partial charge is 0.00670 e. The summed E-state index contributed by atoms with van der Waals surface area (Å²) in [5.74, 6) is 0. The fraction of sp³-hybridized carbons (Fsp3) is 0.538. The minimum absolute atomic E-state index is 0.839. The molecule has 0 aliphatic heterocycles. The second-order valence-electron chi connectivity index (χ2n) is 4.17. The highest BCUT2D eigenvalue weighted by molar-refractivity contribution is 5.14. The van der Waals surface area contributed by atoms with Gasteiger partial charge in [0.2, 0.25) is 0 Å². The summed E-state index contributed by atoms with van der Waals surface area (Å²) >= 11 is 0. The summed E-state index contributed by atoms with van der Waals surface area (Å²) in [6, 6.07) is 11.6. The van der Waals surface area contributed by atoms with Gasteiger partial charge >= 0.3 is 0 Å². The number of hydrogen-bond acceptors (Lipinski definition) is 1. The summed E-state index contributed by atoms with van der Waals surface area (Å²) in [6.07, 6.45) is 6.69. The molecule has 1 aromatic rings. The highest BCUT2D eigenvalue weighted by atomic mass is 14.9. The van der Waals surface area contributed by atoms with E-state index < -0.39 is 0 Å². The first kappa shape index (κ1) is 9.72. The van der Waals surface area contributed by atoms with E-state index in [1.54, 1.807) is 0 Å². The van der Waals surface area contributed by atoms with E-state index in [1.165, 1.54) is 44.2 Å². The van der Waals surface area contributed by atoms with Gasteiger partial charge in [0, 0.05) is 6.04 Å². The molecular weight excluding hydrogens is 170 g/mol. The lowest BCUT2D eigenvalue weighted by molar-refractivity contribution is 0.339. The van der Waals surface area contributed by atoms with Crippen LogP contribution in [-0.4, -0.2) is 12.6 Å². The molecule has 0 radical (unpaired) electrons. The van der Waals surface area contributed by atoms with E-state index in [2.05, 4.69) is 35.6 Å². The van der Waals surface area contributed by atoms with Crippen molar-refractivity contribution in [2.45, 2.75) is 38.1 Å². The molecular formula is C13H19N. The predicted molar refractivity (Wildman–Crippen MR) is 60.4 cm³/mol. The van der Waals surface area contributed by atoms with E-state index in [9.17, 15) is 0 Å². The van der Waals surface area contributed by atoms with Gasteiger partial charge in [-0.05, 0) is 37.8 Å². The molecule has 0 atom stereocenters. The predicted octanol–water partition coefficient (Wildman–Crippen LogP) is 2.76. The Morgan fingerprint density at radius 3 is 2.57 bits per heavy atom. The maximum Gasteiger partial charge on any atom is 0.00670 e. The van der Waals surface area contributed by atoms with Crippen LogP contribution in [0.1, 0.15) is 31.2 Å². The van der Waals surface area contributed by atoms with E-state index in [4.69, 9.17) is 0 Å². The lowest BCUT2D eigenvalue weighted by Crippen LogP contribution is -2.35. The number of benzene rings is 1. The number of nitrogens with one attached hydrogen (secondary N) is 1. The van der Waals surface area contributed by atoms with Gasteiger partial charge in [0.15, 0.2) is 0 Å². The van der Waals surface area contributed by atoms with Crippen LogP contribution in [0.25, 0.3) is 0 Å². The zero-order valence-electron chi connectivity index (χ0n) is 8.71. The monoisotopic (exact) mass is 189 g/mol. The Kier molecular flexibility index (Phi) is 3.58. The average molecular weight is 189 g/mol. The second-order valence-corrected chi connectivity index (χ2v) is 4.17. The molecule has 1 saturated carbocycles. The molecule has 0 aromatic heterocycles. The van der Waals surface area contributed by atoms with Gasteiger partial charge in [0.05, 0.1) is 0 Å². The summed E-state index contributed by atoms with van der Waals surface area (Å²) in [5, 5.41) is 3.59. The molecule has 0 bridgehead atoms. The van der Waals surface area contributed by atoms with Crippen molar-refractivity contribution in [1.82, 2.24) is 5.32 Å². The molecule has 1 aliphatic carbocycles. The Bertz CT molecular complexity index is 251. The zero-order chi connectivity index (χ0) is 9.64. The Balaban J connectivity index is 1.58. The molecule has 1 heteroatoms. The molecule has 1 nitrogen and oxygen atoms in total. The fourth-order valence-corrected chi connectivity index (χ4v) is 1.86. The highest BCUT2D eigenvalue weighted by Gasteiger charge is 2.15. The number of hydrogen-bond donors (Lipinski definition) is 1. The minimum atomic E-state index is 0.839. The van der Waals surface area contributed by atoms with Crippen molar-refractivity contribution in [2.24, 2.45) is 0 Å². The summed E-state index contributed by atoms with van der Waals surface area (Å²) in [6.45, 7) is 1.18. The van der Waals surface area contributed by atoms with Crippen LogP contribution in [0.2, 0.25) is 0 Å². The van der Waals surface area contributed by atoms with Gasteiger partial charge in [-0.25, -0.2) is 0 Å². The van der Waals surface area contributed by atoms with E-state index in [1.807, 2.05) is 0 Å². The molecule has 0 heterocycles. The molecule has 14 heavy (non-hydrogen) atoms. The normalized spacial score (nSPS) is 16.6. The van der Waals surface area contributed by atoms with E-state index in [0.717, 1.165) is 6.04 Å². The highest BCUT2D eigenvalue weighted by Crippen LogP contribution is 2.17. The first-order valence-electron chi connectivity index (χ1n) is 5.72. The van der Waals surface area contributed by atoms with Crippen LogP contribution < -0.4 is 5.32 Å². The SMILES string of the molecule is c1ccc(CCCNC2CCC2)cc1. The number of aryl methyl sites for hydroxylation is 1. The van der Waals surface area contributed by atoms with Gasteiger partial charge in [0.25, 0.3) is 0 Å². The minimum Gasteiger partial charge on any atom is -0.314 e. The molecule has 1 fully saturated rings. The standard InChI is InChI=1S/C13H19N/c1-2-6-12(7-3-1)8-5-11-14-13-9-4-10-13/h1-3,6-7,13-14H,4-5,8-11H2. The average Bonchev–Trinajstić information content (AvgIpc) is 2.16. The summed E-state index contributed by atoms with van der Waals surface area (Å²) in [5.41, 5.74) is 1.46. The van der Waals surface area contributed by atoms with Crippen LogP contribution in [0.5, 0.6) is 0 Å². The van der Waals surface area contributed by atoms with Crippen molar-refractivity contribution in [3.05, 3.63) is 35.9 Å². The van der Waals surface area contributed by atoms with Crippen LogP contribution in [0, 0.1) is 0 Å². The Labute approximate surface area is 86.5 Å². The maximum absolute atomic E-state index is 3.59. The van der Waals surface area contributed by atoms with Gasteiger partial charge in [-0.15, -0.1) is 0 Å². The fourth-order valence-electron chi connectivity index (χ4n) is 1.86. The van der Waals surface area contributed by atoms with E-state index in [0.29, 0.717) is 0 Å². The van der Waals surface area contributed by atoms with Crippen LogP contribution in [0.4, 0.5) is 0 Å². The van der Waals surface area contributed by atoms with E-state index in [-0.39, 0.29) is 0 Å². The van der Waals surface area contributed by atoms with Gasteiger partial charge < -0.3 is 5.32 Å². The zero-order valence-corrected chi connectivity index (χ0v) is 8.71. The first-order chi connectivity index (χ1) is 6.95. The quantitative estimate of drug-likeness (QED) is 0.702. The van der Waals surface area contributed by atoms with Gasteiger partial charge in [0.1, 0.15) is 0 Å². The van der Waals surface area contributed by atoms with Gasteiger partial charge in [-0.1, -0.05) is 36.8 Å². The molecule has 76 valence electrons. The molecule has 0 saturated heterocycles. The first-order valence-corrected chi connectivity index (χ1v) is 5.72. The van der Waals surface area contributed by atoms with Crippen molar-refractivity contribution in [3.8, 4) is 0 Å². The largest absolute Gasteiger partial charge is 0.314 e. The molecule has 0 amide bonds. The van der Waals surface area contributed by atoms with Crippen LogP contribution in [-0.2, 0) is 6.42 Å². The van der Waals surface area contributed by atoms with Crippen molar-refractivity contribution >= 4 is 0 Å². The van der Waals surface area contributed by atoms with Gasteiger partial charge in [-0.2, -0.15) is 0 Å². The van der Waals surface area contributed by atoms with Crippen LogP contribution in [0.15, 0.2) is 30.3 Å². The third kappa shape index (κ3) is 2.85. The summed E-state index contributed by atoms with van der Waals surface area (Å²) < 4.78 is 0. The summed E-state index contributed by atoms with van der Waals surface area (Å²) in [7, 11) is 0. The molecule has 1 aromatic carbocycles. The van der Waals surface area contributed by atoms with Crippen LogP contribution in [0.3, 0.4) is 0 Å². The van der Waals surface area contributed by atoms with Crippen molar-refractivity contribution in [3.63, 3.8) is 0 Å². The van der Waals surface area contributed by atoms with Crippen molar-refractivity contribution in [2.75, 3.05) is 6.54 Å². The third-order valence-corrected chi connectivity index (χ3v) is 3.02. The van der Waals surface area contributed by atoms with Gasteiger partial charge in [-0.3, -0.25) is 0 Å². The maximum atomic E-state index is 3.59. The van der Waals surface area contributed by atoms with Crippen molar-refractivity contribution < 1.29 is 0 Å². The third-order valence-electron chi connectivity index (χ3n) is 3.02. The molecule has 0 unspecified atom stereocenters. The Morgan fingerprint density at radius 1 is 1.14 bits per heavy atom. The molecule has 0 spiro atoms. The number of rotatable bonds is 5. The topological polar surface area (TPSA) is 12.0 Å². The van der Waals surface area contributed by atoms with Crippen molar-refractivity contribution in [1.29, 1.82) is 0 Å². The lowest BCUT2D eigenvalue weighted by atomic mass is 9.93. The van der Waals surface area contributed by atoms with Crippen LogP contribution >= 0.6 is 0 Å². The lowest BCUT2D eigenvalue weighted by Gasteiger charge is -2.26.